The summed E-state index contributed by atoms with van der Waals surface area (Å²) in [6.07, 6.45) is 8.85. The Balaban J connectivity index is 1.35. The average Bonchev–Trinajstić information content (AvgIpc) is 3.23. The van der Waals surface area contributed by atoms with Crippen LogP contribution in [0.2, 0.25) is 0 Å². The van der Waals surface area contributed by atoms with Gasteiger partial charge in [0.15, 0.2) is 0 Å². The Labute approximate surface area is 175 Å². The molecule has 0 saturated carbocycles. The van der Waals surface area contributed by atoms with E-state index in [9.17, 15) is 4.79 Å². The molecule has 3 heterocycles. The fourth-order valence-corrected chi connectivity index (χ4v) is 5.40. The van der Waals surface area contributed by atoms with Gasteiger partial charge in [-0.05, 0) is 68.3 Å². The van der Waals surface area contributed by atoms with Gasteiger partial charge in [-0.1, -0.05) is 18.6 Å². The number of nitrogens with zero attached hydrogens (tertiary/aromatic N) is 2. The van der Waals surface area contributed by atoms with Gasteiger partial charge in [0.1, 0.15) is 5.75 Å². The summed E-state index contributed by atoms with van der Waals surface area (Å²) in [5.74, 6) is 1.89. The Kier molecular flexibility index (Phi) is 7.09. The number of carbonyl (C=O) groups excluding carboxylic acids is 1. The molecule has 0 spiro atoms. The Hall–Kier alpha value is -1.59. The number of piperidine rings is 2. The summed E-state index contributed by atoms with van der Waals surface area (Å²) in [7, 11) is 1.72. The molecule has 2 fully saturated rings. The predicted octanol–water partition coefficient (Wildman–Crippen LogP) is 3.29. The largest absolute Gasteiger partial charge is 0.493 e. The summed E-state index contributed by atoms with van der Waals surface area (Å²) < 4.78 is 10.9. The summed E-state index contributed by atoms with van der Waals surface area (Å²) >= 11 is 0. The standard InChI is InChI=1S/C24H36N2O3/c1-28-16-14-26(18-21-5-4-13-25-12-3-2-6-22(21)25)24(27)10-8-19-7-9-23-20(17-19)11-15-29-23/h7,9,17,21-22H,2-6,8,10-16,18H2,1H3/t21-,22+/m0/s1. The Morgan fingerprint density at radius 1 is 1.24 bits per heavy atom. The fourth-order valence-electron chi connectivity index (χ4n) is 5.40. The molecule has 160 valence electrons. The molecule has 0 aromatic heterocycles. The van der Waals surface area contributed by atoms with E-state index in [1.807, 2.05) is 0 Å². The molecule has 5 nitrogen and oxygen atoms in total. The molecule has 3 aliphatic heterocycles. The van der Waals surface area contributed by atoms with E-state index in [1.165, 1.54) is 56.3 Å². The van der Waals surface area contributed by atoms with Crippen molar-refractivity contribution in [2.24, 2.45) is 5.92 Å². The van der Waals surface area contributed by atoms with Gasteiger partial charge in [0, 0.05) is 39.1 Å². The van der Waals surface area contributed by atoms with Crippen molar-refractivity contribution in [1.29, 1.82) is 0 Å². The van der Waals surface area contributed by atoms with Gasteiger partial charge in [0.25, 0.3) is 0 Å². The van der Waals surface area contributed by atoms with Crippen LogP contribution in [0.5, 0.6) is 5.75 Å². The quantitative estimate of drug-likeness (QED) is 0.672. The van der Waals surface area contributed by atoms with Gasteiger partial charge in [-0.2, -0.15) is 0 Å². The van der Waals surface area contributed by atoms with Gasteiger partial charge in [-0.15, -0.1) is 0 Å². The third-order valence-electron chi connectivity index (χ3n) is 6.98. The van der Waals surface area contributed by atoms with Crippen molar-refractivity contribution in [2.75, 3.05) is 46.5 Å². The first-order valence-electron chi connectivity index (χ1n) is 11.5. The van der Waals surface area contributed by atoms with Gasteiger partial charge >= 0.3 is 0 Å². The number of aryl methyl sites for hydroxylation is 1. The maximum atomic E-state index is 13.1. The number of methoxy groups -OCH3 is 1. The third kappa shape index (κ3) is 5.13. The molecule has 2 atom stereocenters. The van der Waals surface area contributed by atoms with Gasteiger partial charge in [0.2, 0.25) is 5.91 Å². The number of hydrogen-bond acceptors (Lipinski definition) is 4. The average molecular weight is 401 g/mol. The zero-order chi connectivity index (χ0) is 20.1. The highest BCUT2D eigenvalue weighted by Gasteiger charge is 2.34. The maximum absolute atomic E-state index is 13.1. The first-order valence-corrected chi connectivity index (χ1v) is 11.5. The van der Waals surface area contributed by atoms with Crippen molar-refractivity contribution in [3.05, 3.63) is 29.3 Å². The monoisotopic (exact) mass is 400 g/mol. The molecule has 1 aromatic carbocycles. The van der Waals surface area contributed by atoms with Crippen molar-refractivity contribution in [2.45, 2.75) is 57.4 Å². The molecule has 1 aromatic rings. The molecule has 0 bridgehead atoms. The van der Waals surface area contributed by atoms with Gasteiger partial charge in [0.05, 0.1) is 13.2 Å². The van der Waals surface area contributed by atoms with Crippen molar-refractivity contribution < 1.29 is 14.3 Å². The number of carbonyl (C=O) groups is 1. The van der Waals surface area contributed by atoms with E-state index in [0.717, 1.165) is 31.7 Å². The molecular weight excluding hydrogens is 364 g/mol. The summed E-state index contributed by atoms with van der Waals surface area (Å²) in [6.45, 7) is 5.48. The first kappa shape index (κ1) is 20.7. The molecule has 3 aliphatic rings. The molecular formula is C24H36N2O3. The minimum atomic E-state index is 0.270. The highest BCUT2D eigenvalue weighted by molar-refractivity contribution is 5.76. The molecule has 4 rings (SSSR count). The van der Waals surface area contributed by atoms with E-state index in [1.54, 1.807) is 7.11 Å². The van der Waals surface area contributed by atoms with Crippen LogP contribution in [0.1, 0.15) is 49.7 Å². The maximum Gasteiger partial charge on any atom is 0.222 e. The van der Waals surface area contributed by atoms with Crippen molar-refractivity contribution >= 4 is 5.91 Å². The second kappa shape index (κ2) is 9.94. The van der Waals surface area contributed by atoms with Gasteiger partial charge < -0.3 is 19.3 Å². The number of benzene rings is 1. The van der Waals surface area contributed by atoms with Crippen LogP contribution in [0.3, 0.4) is 0 Å². The Morgan fingerprint density at radius 2 is 2.14 bits per heavy atom. The lowest BCUT2D eigenvalue weighted by atomic mass is 9.83. The van der Waals surface area contributed by atoms with E-state index in [2.05, 4.69) is 28.0 Å². The molecule has 2 saturated heterocycles. The molecule has 0 radical (unpaired) electrons. The Morgan fingerprint density at radius 3 is 3.03 bits per heavy atom. The smallest absolute Gasteiger partial charge is 0.222 e. The number of amides is 1. The van der Waals surface area contributed by atoms with Crippen molar-refractivity contribution in [1.82, 2.24) is 9.80 Å². The third-order valence-corrected chi connectivity index (χ3v) is 6.98. The van der Waals surface area contributed by atoms with Crippen LogP contribution < -0.4 is 4.74 Å². The van der Waals surface area contributed by atoms with Crippen LogP contribution in [0, 0.1) is 5.92 Å². The number of fused-ring (bicyclic) bond motifs is 2. The topological polar surface area (TPSA) is 42.0 Å². The van der Waals surface area contributed by atoms with Gasteiger partial charge in [-0.3, -0.25) is 4.79 Å². The second-order valence-corrected chi connectivity index (χ2v) is 8.87. The molecule has 0 aliphatic carbocycles. The van der Waals surface area contributed by atoms with Crippen LogP contribution >= 0.6 is 0 Å². The molecule has 0 N–H and O–H groups in total. The number of rotatable bonds is 8. The SMILES string of the molecule is COCCN(C[C@@H]1CCCN2CCCC[C@H]12)C(=O)CCc1ccc2c(c1)CCO2. The van der Waals surface area contributed by atoms with Crippen LogP contribution in [0.25, 0.3) is 0 Å². The van der Waals surface area contributed by atoms with Crippen LogP contribution in [-0.2, 0) is 22.4 Å². The van der Waals surface area contributed by atoms with Gasteiger partial charge in [-0.25, -0.2) is 0 Å². The molecule has 29 heavy (non-hydrogen) atoms. The molecule has 5 heteroatoms. The second-order valence-electron chi connectivity index (χ2n) is 8.87. The van der Waals surface area contributed by atoms with E-state index in [4.69, 9.17) is 9.47 Å². The predicted molar refractivity (Wildman–Crippen MR) is 114 cm³/mol. The summed E-state index contributed by atoms with van der Waals surface area (Å²) in [5.41, 5.74) is 2.52. The minimum absolute atomic E-state index is 0.270. The van der Waals surface area contributed by atoms with Crippen molar-refractivity contribution in [3.8, 4) is 5.75 Å². The van der Waals surface area contributed by atoms with E-state index >= 15 is 0 Å². The first-order chi connectivity index (χ1) is 14.2. The van der Waals surface area contributed by atoms with Crippen molar-refractivity contribution in [3.63, 3.8) is 0 Å². The number of ether oxygens (including phenoxy) is 2. The Bertz CT molecular complexity index is 691. The van der Waals surface area contributed by atoms with Crippen LogP contribution in [0.4, 0.5) is 0 Å². The molecule has 1 amide bonds. The summed E-state index contributed by atoms with van der Waals surface area (Å²) in [5, 5.41) is 0. The highest BCUT2D eigenvalue weighted by atomic mass is 16.5. The van der Waals surface area contributed by atoms with E-state index in [0.29, 0.717) is 31.5 Å². The minimum Gasteiger partial charge on any atom is -0.493 e. The highest BCUT2D eigenvalue weighted by Crippen LogP contribution is 2.31. The zero-order valence-corrected chi connectivity index (χ0v) is 17.9. The number of hydrogen-bond donors (Lipinski definition) is 0. The normalized spacial score (nSPS) is 23.9. The van der Waals surface area contributed by atoms with Crippen LogP contribution in [0.15, 0.2) is 18.2 Å². The summed E-state index contributed by atoms with van der Waals surface area (Å²) in [4.78, 5) is 17.9. The molecule has 0 unspecified atom stereocenters. The fraction of sp³-hybridized carbons (Fsp3) is 0.708. The lowest BCUT2D eigenvalue weighted by Crippen LogP contribution is -2.52. The summed E-state index contributed by atoms with van der Waals surface area (Å²) in [6, 6.07) is 7.06. The lowest BCUT2D eigenvalue weighted by Gasteiger charge is -2.45. The van der Waals surface area contributed by atoms with E-state index in [-0.39, 0.29) is 5.91 Å². The zero-order valence-electron chi connectivity index (χ0n) is 17.9. The lowest BCUT2D eigenvalue weighted by molar-refractivity contribution is -0.133. The van der Waals surface area contributed by atoms with E-state index < -0.39 is 0 Å². The van der Waals surface area contributed by atoms with Crippen LogP contribution in [-0.4, -0.2) is 68.3 Å².